The molecule has 0 aliphatic rings. The van der Waals surface area contributed by atoms with Crippen molar-refractivity contribution in [2.45, 2.75) is 13.3 Å². The van der Waals surface area contributed by atoms with E-state index in [-0.39, 0.29) is 5.95 Å². The van der Waals surface area contributed by atoms with Crippen molar-refractivity contribution in [1.82, 2.24) is 15.0 Å². The highest BCUT2D eigenvalue weighted by molar-refractivity contribution is 6.30. The molecule has 5 heteroatoms. The number of H-pyrrole nitrogens is 1. The van der Waals surface area contributed by atoms with Crippen molar-refractivity contribution >= 4 is 39.5 Å². The maximum atomic E-state index is 5.98. The summed E-state index contributed by atoms with van der Waals surface area (Å²) < 4.78 is 0. The first-order valence-corrected chi connectivity index (χ1v) is 7.87. The van der Waals surface area contributed by atoms with E-state index >= 15 is 0 Å². The van der Waals surface area contributed by atoms with Crippen LogP contribution in [0.4, 0.5) is 5.95 Å². The third-order valence-electron chi connectivity index (χ3n) is 4.05. The lowest BCUT2D eigenvalue weighted by Crippen LogP contribution is -1.97. The van der Waals surface area contributed by atoms with Crippen LogP contribution >= 0.6 is 11.6 Å². The average Bonchev–Trinajstić information content (AvgIpc) is 2.92. The predicted molar refractivity (Wildman–Crippen MR) is 95.6 cm³/mol. The molecular formula is C18H15ClN4. The van der Waals surface area contributed by atoms with Gasteiger partial charge in [-0.3, -0.25) is 0 Å². The van der Waals surface area contributed by atoms with Gasteiger partial charge < -0.3 is 10.7 Å². The maximum absolute atomic E-state index is 5.98. The van der Waals surface area contributed by atoms with Gasteiger partial charge in [-0.2, -0.15) is 0 Å². The number of aromatic amines is 1. The topological polar surface area (TPSA) is 67.6 Å². The molecule has 0 aliphatic heterocycles. The zero-order chi connectivity index (χ0) is 16.0. The number of aryl methyl sites for hydroxylation is 1. The molecule has 4 aromatic rings. The van der Waals surface area contributed by atoms with E-state index in [1.54, 1.807) is 0 Å². The third kappa shape index (κ3) is 2.32. The lowest BCUT2D eigenvalue weighted by atomic mass is 10.1. The molecule has 0 fully saturated rings. The fourth-order valence-electron chi connectivity index (χ4n) is 2.86. The van der Waals surface area contributed by atoms with Gasteiger partial charge in [-0.15, -0.1) is 0 Å². The summed E-state index contributed by atoms with van der Waals surface area (Å²) in [7, 11) is 0. The summed E-state index contributed by atoms with van der Waals surface area (Å²) in [6, 6.07) is 13.9. The molecule has 0 amide bonds. The molecule has 0 atom stereocenters. The second-order valence-electron chi connectivity index (χ2n) is 5.52. The number of nitrogens with two attached hydrogens (primary N) is 1. The minimum Gasteiger partial charge on any atom is -0.368 e. The summed E-state index contributed by atoms with van der Waals surface area (Å²) in [4.78, 5) is 12.3. The van der Waals surface area contributed by atoms with Gasteiger partial charge in [0, 0.05) is 21.5 Å². The van der Waals surface area contributed by atoms with Crippen LogP contribution in [0.5, 0.6) is 0 Å². The number of nitrogens with zero attached hydrogens (tertiary/aromatic N) is 2. The van der Waals surface area contributed by atoms with E-state index in [9.17, 15) is 0 Å². The van der Waals surface area contributed by atoms with Crippen molar-refractivity contribution in [1.29, 1.82) is 0 Å². The quantitative estimate of drug-likeness (QED) is 0.567. The molecule has 0 aliphatic carbocycles. The Balaban J connectivity index is 2.06. The van der Waals surface area contributed by atoms with Gasteiger partial charge in [0.1, 0.15) is 5.52 Å². The van der Waals surface area contributed by atoms with Crippen LogP contribution in [0.15, 0.2) is 42.5 Å². The number of halogens is 1. The lowest BCUT2D eigenvalue weighted by molar-refractivity contribution is 1.15. The van der Waals surface area contributed by atoms with Crippen LogP contribution in [0.2, 0.25) is 5.02 Å². The predicted octanol–water partition coefficient (Wildman–Crippen LogP) is 4.58. The van der Waals surface area contributed by atoms with Crippen molar-refractivity contribution < 1.29 is 0 Å². The molecule has 114 valence electrons. The number of benzene rings is 2. The number of nitrogens with one attached hydrogen (secondary N) is 1. The molecule has 0 saturated carbocycles. The Morgan fingerprint density at radius 1 is 1.09 bits per heavy atom. The van der Waals surface area contributed by atoms with Crippen LogP contribution in [-0.4, -0.2) is 15.0 Å². The third-order valence-corrected chi connectivity index (χ3v) is 4.30. The molecule has 2 aromatic heterocycles. The summed E-state index contributed by atoms with van der Waals surface area (Å²) in [5.41, 5.74) is 11.7. The molecule has 0 bridgehead atoms. The first-order chi connectivity index (χ1) is 11.2. The van der Waals surface area contributed by atoms with E-state index in [0.29, 0.717) is 5.02 Å². The Morgan fingerprint density at radius 2 is 1.87 bits per heavy atom. The van der Waals surface area contributed by atoms with E-state index in [1.165, 1.54) is 5.56 Å². The van der Waals surface area contributed by atoms with E-state index in [4.69, 9.17) is 17.3 Å². The van der Waals surface area contributed by atoms with Gasteiger partial charge in [0.25, 0.3) is 0 Å². The molecule has 23 heavy (non-hydrogen) atoms. The fourth-order valence-corrected chi connectivity index (χ4v) is 2.98. The van der Waals surface area contributed by atoms with Gasteiger partial charge in [0.2, 0.25) is 5.95 Å². The number of hydrogen-bond acceptors (Lipinski definition) is 3. The number of hydrogen-bond donors (Lipinski definition) is 2. The molecule has 4 rings (SSSR count). The highest BCUT2D eigenvalue weighted by Gasteiger charge is 2.14. The van der Waals surface area contributed by atoms with Crippen molar-refractivity contribution in [2.75, 3.05) is 5.73 Å². The zero-order valence-electron chi connectivity index (χ0n) is 12.6. The first kappa shape index (κ1) is 14.0. The molecule has 2 heterocycles. The van der Waals surface area contributed by atoms with Crippen LogP contribution in [-0.2, 0) is 6.42 Å². The number of nitrogen functional groups attached to an aromatic ring is 1. The first-order valence-electron chi connectivity index (χ1n) is 7.49. The minimum absolute atomic E-state index is 0.269. The number of anilines is 1. The zero-order valence-corrected chi connectivity index (χ0v) is 13.4. The van der Waals surface area contributed by atoms with Crippen LogP contribution in [0.1, 0.15) is 12.5 Å². The molecule has 4 nitrogen and oxygen atoms in total. The lowest BCUT2D eigenvalue weighted by Gasteiger charge is -2.04. The Morgan fingerprint density at radius 3 is 2.61 bits per heavy atom. The Hall–Kier alpha value is -2.59. The maximum Gasteiger partial charge on any atom is 0.221 e. The highest BCUT2D eigenvalue weighted by Crippen LogP contribution is 2.32. The van der Waals surface area contributed by atoms with E-state index in [2.05, 4.69) is 40.1 Å². The molecule has 0 spiro atoms. The van der Waals surface area contributed by atoms with Crippen molar-refractivity contribution in [3.05, 3.63) is 53.1 Å². The van der Waals surface area contributed by atoms with Gasteiger partial charge in [-0.25, -0.2) is 9.97 Å². The van der Waals surface area contributed by atoms with Gasteiger partial charge in [0.05, 0.1) is 11.2 Å². The van der Waals surface area contributed by atoms with E-state index in [0.717, 1.165) is 39.6 Å². The summed E-state index contributed by atoms with van der Waals surface area (Å²) in [5, 5.41) is 1.76. The molecule has 2 aromatic carbocycles. The minimum atomic E-state index is 0.269. The number of aromatic nitrogens is 3. The summed E-state index contributed by atoms with van der Waals surface area (Å²) in [6.45, 7) is 2.14. The van der Waals surface area contributed by atoms with Crippen molar-refractivity contribution in [2.24, 2.45) is 0 Å². The van der Waals surface area contributed by atoms with Crippen LogP contribution < -0.4 is 5.73 Å². The highest BCUT2D eigenvalue weighted by atomic mass is 35.5. The molecule has 3 N–H and O–H groups in total. The van der Waals surface area contributed by atoms with Gasteiger partial charge >= 0.3 is 0 Å². The average molecular weight is 323 g/mol. The van der Waals surface area contributed by atoms with Crippen molar-refractivity contribution in [3.8, 4) is 11.3 Å². The van der Waals surface area contributed by atoms with Crippen molar-refractivity contribution in [3.63, 3.8) is 0 Å². The standard InChI is InChI=1S/C18H15ClN4/c1-2-10-3-8-14-13(9-10)16-17(21-14)15(22-18(20)23-16)11-4-6-12(19)7-5-11/h3-9,21H,2H2,1H3,(H2,20,22,23). The molecule has 0 unspecified atom stereocenters. The summed E-state index contributed by atoms with van der Waals surface area (Å²) in [5.74, 6) is 0.269. The van der Waals surface area contributed by atoms with E-state index in [1.807, 2.05) is 24.3 Å². The monoisotopic (exact) mass is 322 g/mol. The van der Waals surface area contributed by atoms with Gasteiger partial charge in [-0.05, 0) is 36.2 Å². The Bertz CT molecular complexity index is 1020. The summed E-state index contributed by atoms with van der Waals surface area (Å²) in [6.07, 6.45) is 0.979. The second kappa shape index (κ2) is 5.25. The van der Waals surface area contributed by atoms with Crippen LogP contribution in [0.3, 0.4) is 0 Å². The van der Waals surface area contributed by atoms with Gasteiger partial charge in [-0.1, -0.05) is 36.7 Å². The molecule has 0 radical (unpaired) electrons. The number of fused-ring (bicyclic) bond motifs is 3. The Kier molecular flexibility index (Phi) is 3.20. The smallest absolute Gasteiger partial charge is 0.221 e. The number of rotatable bonds is 2. The van der Waals surface area contributed by atoms with Crippen LogP contribution in [0.25, 0.3) is 33.2 Å². The van der Waals surface area contributed by atoms with E-state index < -0.39 is 0 Å². The normalized spacial score (nSPS) is 11.4. The molecule has 0 saturated heterocycles. The fraction of sp³-hybridized carbons (Fsp3) is 0.111. The van der Waals surface area contributed by atoms with Crippen LogP contribution in [0, 0.1) is 0 Å². The second-order valence-corrected chi connectivity index (χ2v) is 5.96. The largest absolute Gasteiger partial charge is 0.368 e. The summed E-state index contributed by atoms with van der Waals surface area (Å²) >= 11 is 5.98. The molecular weight excluding hydrogens is 308 g/mol. The Labute approximate surface area is 138 Å². The van der Waals surface area contributed by atoms with Gasteiger partial charge in [0.15, 0.2) is 0 Å². The SMILES string of the molecule is CCc1ccc2[nH]c3c(-c4ccc(Cl)cc4)nc(N)nc3c2c1.